The van der Waals surface area contributed by atoms with Crippen molar-refractivity contribution < 1.29 is 56.9 Å². The summed E-state index contributed by atoms with van der Waals surface area (Å²) in [6.07, 6.45) is -1.83. The summed E-state index contributed by atoms with van der Waals surface area (Å²) in [5.41, 5.74) is 1.09. The summed E-state index contributed by atoms with van der Waals surface area (Å²) in [7, 11) is -3.56. The fourth-order valence-corrected chi connectivity index (χ4v) is 6.06. The predicted molar refractivity (Wildman–Crippen MR) is 184 cm³/mol. The van der Waals surface area contributed by atoms with Gasteiger partial charge in [-0.25, -0.2) is 22.3 Å². The van der Waals surface area contributed by atoms with Gasteiger partial charge in [-0.05, 0) is 29.2 Å². The molecule has 0 fully saturated rings. The fourth-order valence-electron chi connectivity index (χ4n) is 4.04. The first-order chi connectivity index (χ1) is 24.0. The van der Waals surface area contributed by atoms with Gasteiger partial charge >= 0.3 is 24.1 Å². The standard InChI is InChI=1S/C18H15Cl2NO7S.C15H20N2O5/c1-21(18(25)28-10-11-5-3-2-4-6-11)29(26,27)14-8-7-13(19)15(16(14)20)12(9-22)17(23)24;1-10(2)13(14(20)16-8-12(18)19)17-15(21)22-9-11-6-4-3-5-7-11/h2-9,12H,10H2,1H3,(H,23,24);3-7,10,13H,8-9H2,1-2H3,(H,16,20)(H,17,21)(H,18,19)/t;13-/m.0/s1. The van der Waals surface area contributed by atoms with Gasteiger partial charge in [-0.1, -0.05) is 97.7 Å². The first kappa shape index (κ1) is 42.0. The minimum Gasteiger partial charge on any atom is -0.480 e. The first-order valence-electron chi connectivity index (χ1n) is 14.8. The zero-order chi connectivity index (χ0) is 38.3. The molecule has 0 bridgehead atoms. The molecule has 2 atom stereocenters. The van der Waals surface area contributed by atoms with E-state index >= 15 is 0 Å². The number of aldehydes is 1. The summed E-state index contributed by atoms with van der Waals surface area (Å²) in [5.74, 6) is -5.26. The van der Waals surface area contributed by atoms with Gasteiger partial charge in [0.15, 0.2) is 0 Å². The van der Waals surface area contributed by atoms with Crippen molar-refractivity contribution in [2.45, 2.75) is 43.9 Å². The molecule has 3 rings (SSSR count). The zero-order valence-corrected chi connectivity index (χ0v) is 29.8. The lowest BCUT2D eigenvalue weighted by molar-refractivity contribution is -0.140. The fraction of sp³-hybridized carbons (Fsp3) is 0.273. The molecule has 0 aliphatic carbocycles. The van der Waals surface area contributed by atoms with Crippen molar-refractivity contribution >= 4 is 69.5 Å². The highest BCUT2D eigenvalue weighted by Gasteiger charge is 2.34. The van der Waals surface area contributed by atoms with Crippen LogP contribution in [0, 0.1) is 5.92 Å². The molecule has 0 radical (unpaired) electrons. The summed E-state index contributed by atoms with van der Waals surface area (Å²) in [4.78, 5) is 68.1. The van der Waals surface area contributed by atoms with Gasteiger partial charge in [0.2, 0.25) is 5.91 Å². The highest BCUT2D eigenvalue weighted by Crippen LogP contribution is 2.37. The molecule has 18 heteroatoms. The van der Waals surface area contributed by atoms with E-state index in [9.17, 15) is 37.2 Å². The maximum atomic E-state index is 12.8. The van der Waals surface area contributed by atoms with Gasteiger partial charge in [-0.2, -0.15) is 0 Å². The van der Waals surface area contributed by atoms with Crippen LogP contribution in [0.5, 0.6) is 0 Å². The summed E-state index contributed by atoms with van der Waals surface area (Å²) in [5, 5.41) is 21.6. The number of nitrogens with zero attached hydrogens (tertiary/aromatic N) is 1. The molecule has 3 aromatic rings. The van der Waals surface area contributed by atoms with Crippen LogP contribution in [-0.4, -0.2) is 78.9 Å². The molecule has 0 aromatic heterocycles. The molecular weight excluding hydrogens is 733 g/mol. The third kappa shape index (κ3) is 12.6. The Morgan fingerprint density at radius 2 is 1.39 bits per heavy atom. The van der Waals surface area contributed by atoms with Crippen LogP contribution in [0.15, 0.2) is 77.7 Å². The first-order valence-corrected chi connectivity index (χ1v) is 17.0. The second-order valence-electron chi connectivity index (χ2n) is 10.8. The van der Waals surface area contributed by atoms with Crippen molar-refractivity contribution in [1.29, 1.82) is 0 Å². The molecular formula is C33H35Cl2N3O12S. The molecule has 1 unspecified atom stereocenters. The number of carbonyl (C=O) groups excluding carboxylic acids is 4. The van der Waals surface area contributed by atoms with Gasteiger partial charge in [-0.15, -0.1) is 0 Å². The van der Waals surface area contributed by atoms with Crippen molar-refractivity contribution in [1.82, 2.24) is 14.9 Å². The SMILES string of the molecule is CC(C)[C@H](NC(=O)OCc1ccccc1)C(=O)NCC(=O)O.CN(C(=O)OCc1ccccc1)S(=O)(=O)c1ccc(Cl)c(C(C=O)C(=O)O)c1Cl. The van der Waals surface area contributed by atoms with E-state index in [1.54, 1.807) is 44.2 Å². The average Bonchev–Trinajstić information content (AvgIpc) is 3.09. The largest absolute Gasteiger partial charge is 0.480 e. The smallest absolute Gasteiger partial charge is 0.423 e. The lowest BCUT2D eigenvalue weighted by atomic mass is 10.0. The maximum absolute atomic E-state index is 12.8. The number of benzene rings is 3. The molecule has 3 amide bonds. The second-order valence-corrected chi connectivity index (χ2v) is 13.5. The van der Waals surface area contributed by atoms with Crippen molar-refractivity contribution in [2.24, 2.45) is 5.92 Å². The molecule has 51 heavy (non-hydrogen) atoms. The lowest BCUT2D eigenvalue weighted by Gasteiger charge is -2.21. The minimum atomic E-state index is -4.52. The monoisotopic (exact) mass is 767 g/mol. The number of hydrogen-bond donors (Lipinski definition) is 4. The summed E-state index contributed by atoms with van der Waals surface area (Å²) >= 11 is 12.0. The maximum Gasteiger partial charge on any atom is 0.423 e. The van der Waals surface area contributed by atoms with Crippen LogP contribution in [-0.2, 0) is 51.9 Å². The highest BCUT2D eigenvalue weighted by molar-refractivity contribution is 7.89. The normalized spacial score (nSPS) is 11.9. The predicted octanol–water partition coefficient (Wildman–Crippen LogP) is 4.46. The number of nitrogens with one attached hydrogen (secondary N) is 2. The topological polar surface area (TPSA) is 223 Å². The lowest BCUT2D eigenvalue weighted by Crippen LogP contribution is -2.50. The Balaban J connectivity index is 0.000000368. The third-order valence-corrected chi connectivity index (χ3v) is 9.37. The number of carboxylic acids is 2. The third-order valence-electron chi connectivity index (χ3n) is 6.75. The molecule has 0 aliphatic rings. The van der Waals surface area contributed by atoms with Crippen molar-refractivity contribution in [2.75, 3.05) is 13.6 Å². The Kier molecular flexibility index (Phi) is 16.3. The number of carbonyl (C=O) groups is 6. The number of alkyl carbamates (subject to hydrolysis) is 1. The number of amides is 3. The van der Waals surface area contributed by atoms with Crippen molar-refractivity contribution in [3.63, 3.8) is 0 Å². The number of rotatable bonds is 14. The zero-order valence-electron chi connectivity index (χ0n) is 27.4. The molecule has 15 nitrogen and oxygen atoms in total. The highest BCUT2D eigenvalue weighted by atomic mass is 35.5. The molecule has 0 aliphatic heterocycles. The van der Waals surface area contributed by atoms with E-state index in [1.807, 2.05) is 30.3 Å². The van der Waals surface area contributed by atoms with Gasteiger partial charge in [0.05, 0.1) is 5.02 Å². The molecule has 0 saturated heterocycles. The van der Waals surface area contributed by atoms with Crippen LogP contribution in [0.25, 0.3) is 0 Å². The van der Waals surface area contributed by atoms with E-state index in [4.69, 9.17) is 42.9 Å². The molecule has 0 heterocycles. The van der Waals surface area contributed by atoms with E-state index in [1.165, 1.54) is 0 Å². The summed E-state index contributed by atoms with van der Waals surface area (Å²) < 4.78 is 36.0. The van der Waals surface area contributed by atoms with Crippen LogP contribution >= 0.6 is 23.2 Å². The van der Waals surface area contributed by atoms with E-state index in [0.717, 1.165) is 24.7 Å². The Hall–Kier alpha value is -5.19. The van der Waals surface area contributed by atoms with Crippen LogP contribution in [0.1, 0.15) is 36.5 Å². The molecule has 274 valence electrons. The number of hydrogen-bond acceptors (Lipinski definition) is 10. The molecule has 3 aromatic carbocycles. The number of aliphatic carboxylic acids is 2. The van der Waals surface area contributed by atoms with E-state index in [0.29, 0.717) is 9.87 Å². The van der Waals surface area contributed by atoms with Gasteiger partial charge in [0, 0.05) is 17.6 Å². The Labute approximate surface area is 303 Å². The number of carboxylic acid groups (broad SMARTS) is 2. The Morgan fingerprint density at radius 1 is 0.863 bits per heavy atom. The summed E-state index contributed by atoms with van der Waals surface area (Å²) in [6.45, 7) is 2.91. The average molecular weight is 769 g/mol. The van der Waals surface area contributed by atoms with E-state index in [-0.39, 0.29) is 36.0 Å². The Morgan fingerprint density at radius 3 is 1.86 bits per heavy atom. The van der Waals surface area contributed by atoms with Crippen molar-refractivity contribution in [3.8, 4) is 0 Å². The number of sulfonamides is 1. The van der Waals surface area contributed by atoms with Crippen LogP contribution in [0.2, 0.25) is 10.0 Å². The van der Waals surface area contributed by atoms with Gasteiger partial charge in [0.1, 0.15) is 42.9 Å². The Bertz CT molecular complexity index is 1810. The summed E-state index contributed by atoms with van der Waals surface area (Å²) in [6, 6.07) is 19.0. The quantitative estimate of drug-likeness (QED) is 0.132. The van der Waals surface area contributed by atoms with E-state index < -0.39 is 68.5 Å². The van der Waals surface area contributed by atoms with Gasteiger partial charge in [0.25, 0.3) is 10.0 Å². The molecule has 0 saturated carbocycles. The van der Waals surface area contributed by atoms with Crippen molar-refractivity contribution in [3.05, 3.63) is 99.5 Å². The number of halogens is 2. The molecule has 4 N–H and O–H groups in total. The minimum absolute atomic E-state index is 0.0731. The van der Waals surface area contributed by atoms with Gasteiger partial charge in [-0.3, -0.25) is 14.4 Å². The number of ether oxygens (including phenoxy) is 2. The molecule has 0 spiro atoms. The van der Waals surface area contributed by atoms with Crippen LogP contribution in [0.3, 0.4) is 0 Å². The van der Waals surface area contributed by atoms with Gasteiger partial charge < -0.3 is 35.1 Å². The van der Waals surface area contributed by atoms with Crippen LogP contribution in [0.4, 0.5) is 9.59 Å². The van der Waals surface area contributed by atoms with Crippen LogP contribution < -0.4 is 10.6 Å². The van der Waals surface area contributed by atoms with E-state index in [2.05, 4.69) is 10.6 Å². The second kappa shape index (κ2) is 19.9.